The first-order valence-electron chi connectivity index (χ1n) is 7.07. The second kappa shape index (κ2) is 7.11. The number of nitrogens with zero attached hydrogens (tertiary/aromatic N) is 2. The van der Waals surface area contributed by atoms with Gasteiger partial charge in [0.25, 0.3) is 0 Å². The zero-order valence-electron chi connectivity index (χ0n) is 11.9. The Morgan fingerprint density at radius 3 is 2.55 bits per heavy atom. The summed E-state index contributed by atoms with van der Waals surface area (Å²) in [6.07, 6.45) is 2.08. The van der Waals surface area contributed by atoms with Crippen LogP contribution >= 0.6 is 0 Å². The number of benzene rings is 1. The second-order valence-electron chi connectivity index (χ2n) is 5.48. The van der Waals surface area contributed by atoms with Crippen molar-refractivity contribution < 1.29 is 13.9 Å². The molecule has 1 aliphatic rings. The first-order valence-corrected chi connectivity index (χ1v) is 7.07. The van der Waals surface area contributed by atoms with Gasteiger partial charge in [0.15, 0.2) is 11.6 Å². The summed E-state index contributed by atoms with van der Waals surface area (Å²) in [5.74, 6) is -1.63. The first kappa shape index (κ1) is 15.4. The number of hydrogen-bond acceptors (Lipinski definition) is 3. The number of rotatable bonds is 5. The van der Waals surface area contributed by atoms with Crippen LogP contribution in [0.25, 0.3) is 0 Å². The van der Waals surface area contributed by atoms with Crippen molar-refractivity contribution in [1.82, 2.24) is 9.80 Å². The van der Waals surface area contributed by atoms with E-state index in [1.54, 1.807) is 6.07 Å². The van der Waals surface area contributed by atoms with Gasteiger partial charge in [0.05, 0.1) is 6.61 Å². The zero-order valence-corrected chi connectivity index (χ0v) is 11.9. The Morgan fingerprint density at radius 1 is 1.25 bits per heavy atom. The largest absolute Gasteiger partial charge is 0.395 e. The van der Waals surface area contributed by atoms with Crippen LogP contribution in [-0.2, 0) is 6.54 Å². The maximum Gasteiger partial charge on any atom is 0.159 e. The van der Waals surface area contributed by atoms with Crippen molar-refractivity contribution in [1.29, 1.82) is 0 Å². The zero-order chi connectivity index (χ0) is 14.5. The van der Waals surface area contributed by atoms with E-state index in [0.29, 0.717) is 19.1 Å². The highest BCUT2D eigenvalue weighted by Crippen LogP contribution is 2.19. The van der Waals surface area contributed by atoms with Crippen molar-refractivity contribution in [3.63, 3.8) is 0 Å². The van der Waals surface area contributed by atoms with Gasteiger partial charge in [-0.05, 0) is 50.7 Å². The molecule has 20 heavy (non-hydrogen) atoms. The summed E-state index contributed by atoms with van der Waals surface area (Å²) in [6, 6.07) is 4.41. The average Bonchev–Trinajstić information content (AvgIpc) is 2.43. The minimum absolute atomic E-state index is 0.0794. The lowest BCUT2D eigenvalue weighted by Gasteiger charge is -2.37. The molecule has 5 heteroatoms. The summed E-state index contributed by atoms with van der Waals surface area (Å²) in [6.45, 7) is 3.25. The van der Waals surface area contributed by atoms with Gasteiger partial charge in [0.2, 0.25) is 0 Å². The van der Waals surface area contributed by atoms with Gasteiger partial charge in [-0.25, -0.2) is 8.78 Å². The monoisotopic (exact) mass is 284 g/mol. The van der Waals surface area contributed by atoms with E-state index >= 15 is 0 Å². The summed E-state index contributed by atoms with van der Waals surface area (Å²) in [7, 11) is 2.10. The van der Waals surface area contributed by atoms with Crippen LogP contribution in [0.1, 0.15) is 18.4 Å². The quantitative estimate of drug-likeness (QED) is 0.894. The fourth-order valence-corrected chi connectivity index (χ4v) is 2.75. The molecule has 1 saturated heterocycles. The standard InChI is InChI=1S/C15H22F2N2O/c1-18-6-4-13(5-7-18)19(8-9-20)11-12-2-3-14(16)15(17)10-12/h2-3,10,13,20H,4-9,11H2,1H3. The van der Waals surface area contributed by atoms with E-state index < -0.39 is 11.6 Å². The van der Waals surface area contributed by atoms with Crippen LogP contribution < -0.4 is 0 Å². The van der Waals surface area contributed by atoms with Crippen LogP contribution in [-0.4, -0.2) is 54.2 Å². The maximum absolute atomic E-state index is 13.3. The Kier molecular flexibility index (Phi) is 5.46. The highest BCUT2D eigenvalue weighted by molar-refractivity contribution is 5.17. The second-order valence-corrected chi connectivity index (χ2v) is 5.48. The van der Waals surface area contributed by atoms with Gasteiger partial charge in [-0.15, -0.1) is 0 Å². The Hall–Kier alpha value is -1.04. The highest BCUT2D eigenvalue weighted by atomic mass is 19.2. The van der Waals surface area contributed by atoms with Gasteiger partial charge in [0, 0.05) is 19.1 Å². The predicted molar refractivity (Wildman–Crippen MR) is 74.4 cm³/mol. The van der Waals surface area contributed by atoms with E-state index in [1.165, 1.54) is 6.07 Å². The topological polar surface area (TPSA) is 26.7 Å². The molecular formula is C15H22F2N2O. The third kappa shape index (κ3) is 3.98. The SMILES string of the molecule is CN1CCC(N(CCO)Cc2ccc(F)c(F)c2)CC1. The molecule has 1 aromatic rings. The number of aliphatic hydroxyl groups excluding tert-OH is 1. The molecule has 3 nitrogen and oxygen atoms in total. The van der Waals surface area contributed by atoms with Crippen molar-refractivity contribution in [2.24, 2.45) is 0 Å². The van der Waals surface area contributed by atoms with Crippen LogP contribution in [0, 0.1) is 11.6 Å². The summed E-state index contributed by atoms with van der Waals surface area (Å²) in [5.41, 5.74) is 0.747. The van der Waals surface area contributed by atoms with Crippen LogP contribution in [0.5, 0.6) is 0 Å². The summed E-state index contributed by atoms with van der Waals surface area (Å²) in [5, 5.41) is 9.21. The Bertz CT molecular complexity index is 434. The lowest BCUT2D eigenvalue weighted by atomic mass is 10.0. The van der Waals surface area contributed by atoms with Crippen LogP contribution in [0.4, 0.5) is 8.78 Å². The van der Waals surface area contributed by atoms with E-state index in [2.05, 4.69) is 16.8 Å². The molecule has 2 rings (SSSR count). The summed E-state index contributed by atoms with van der Waals surface area (Å²) in [4.78, 5) is 4.45. The van der Waals surface area contributed by atoms with Crippen molar-refractivity contribution in [2.75, 3.05) is 33.3 Å². The number of likely N-dealkylation sites (tertiary alicyclic amines) is 1. The molecule has 0 radical (unpaired) electrons. The normalized spacial score (nSPS) is 17.9. The number of aliphatic hydroxyl groups is 1. The van der Waals surface area contributed by atoms with Gasteiger partial charge < -0.3 is 10.0 Å². The average molecular weight is 284 g/mol. The molecule has 0 atom stereocenters. The third-order valence-corrected chi connectivity index (χ3v) is 3.96. The van der Waals surface area contributed by atoms with Crippen molar-refractivity contribution in [2.45, 2.75) is 25.4 Å². The van der Waals surface area contributed by atoms with Crippen LogP contribution in [0.2, 0.25) is 0 Å². The smallest absolute Gasteiger partial charge is 0.159 e. The van der Waals surface area contributed by atoms with Crippen molar-refractivity contribution >= 4 is 0 Å². The fourth-order valence-electron chi connectivity index (χ4n) is 2.75. The van der Waals surface area contributed by atoms with E-state index in [0.717, 1.165) is 37.6 Å². The molecule has 0 spiro atoms. The van der Waals surface area contributed by atoms with Gasteiger partial charge in [-0.1, -0.05) is 6.07 Å². The Morgan fingerprint density at radius 2 is 1.95 bits per heavy atom. The molecule has 1 fully saturated rings. The van der Waals surface area contributed by atoms with Crippen LogP contribution in [0.15, 0.2) is 18.2 Å². The van der Waals surface area contributed by atoms with Gasteiger partial charge in [0.1, 0.15) is 0 Å². The number of piperidine rings is 1. The predicted octanol–water partition coefficient (Wildman–Crippen LogP) is 1.85. The number of halogens is 2. The highest BCUT2D eigenvalue weighted by Gasteiger charge is 2.23. The lowest BCUT2D eigenvalue weighted by molar-refractivity contribution is 0.0940. The van der Waals surface area contributed by atoms with E-state index in [1.807, 2.05) is 0 Å². The number of hydrogen-bond donors (Lipinski definition) is 1. The Balaban J connectivity index is 2.02. The molecule has 112 valence electrons. The first-order chi connectivity index (χ1) is 9.60. The van der Waals surface area contributed by atoms with E-state index in [4.69, 9.17) is 0 Å². The molecule has 0 saturated carbocycles. The summed E-state index contributed by atoms with van der Waals surface area (Å²) < 4.78 is 26.2. The molecular weight excluding hydrogens is 262 g/mol. The van der Waals surface area contributed by atoms with Gasteiger partial charge in [-0.3, -0.25) is 4.90 Å². The molecule has 1 N–H and O–H groups in total. The molecule has 0 aromatic heterocycles. The van der Waals surface area contributed by atoms with E-state index in [9.17, 15) is 13.9 Å². The molecule has 1 heterocycles. The van der Waals surface area contributed by atoms with Crippen LogP contribution in [0.3, 0.4) is 0 Å². The van der Waals surface area contributed by atoms with E-state index in [-0.39, 0.29) is 6.61 Å². The maximum atomic E-state index is 13.3. The molecule has 1 aromatic carbocycles. The summed E-state index contributed by atoms with van der Waals surface area (Å²) >= 11 is 0. The van der Waals surface area contributed by atoms with Crippen molar-refractivity contribution in [3.8, 4) is 0 Å². The molecule has 0 aliphatic carbocycles. The minimum atomic E-state index is -0.818. The molecule has 1 aliphatic heterocycles. The minimum Gasteiger partial charge on any atom is -0.395 e. The molecule has 0 bridgehead atoms. The van der Waals surface area contributed by atoms with Gasteiger partial charge in [-0.2, -0.15) is 0 Å². The fraction of sp³-hybridized carbons (Fsp3) is 0.600. The Labute approximate surface area is 118 Å². The van der Waals surface area contributed by atoms with Gasteiger partial charge >= 0.3 is 0 Å². The third-order valence-electron chi connectivity index (χ3n) is 3.96. The molecule has 0 amide bonds. The molecule has 0 unspecified atom stereocenters. The van der Waals surface area contributed by atoms with Crippen molar-refractivity contribution in [3.05, 3.63) is 35.4 Å². The lowest BCUT2D eigenvalue weighted by Crippen LogP contribution is -2.44.